The van der Waals surface area contributed by atoms with Gasteiger partial charge in [-0.25, -0.2) is 0 Å². The number of rotatable bonds is 5. The van der Waals surface area contributed by atoms with E-state index in [0.29, 0.717) is 22.1 Å². The van der Waals surface area contributed by atoms with Crippen molar-refractivity contribution in [3.63, 3.8) is 0 Å². The Hall–Kier alpha value is -2.37. The highest BCUT2D eigenvalue weighted by molar-refractivity contribution is 7.16. The van der Waals surface area contributed by atoms with Crippen LogP contribution in [0.4, 0.5) is 0 Å². The molecule has 0 unspecified atom stereocenters. The minimum atomic E-state index is -1.11. The van der Waals surface area contributed by atoms with E-state index >= 15 is 0 Å². The van der Waals surface area contributed by atoms with E-state index in [0.717, 1.165) is 10.2 Å². The Kier molecular flexibility index (Phi) is 5.77. The van der Waals surface area contributed by atoms with Gasteiger partial charge in [0, 0.05) is 11.6 Å². The first-order valence-corrected chi connectivity index (χ1v) is 10.2. The summed E-state index contributed by atoms with van der Waals surface area (Å²) < 4.78 is 8.98. The highest BCUT2D eigenvalue weighted by Crippen LogP contribution is 2.24. The third-order valence-electron chi connectivity index (χ3n) is 4.51. The second-order valence-electron chi connectivity index (χ2n) is 7.17. The molecule has 3 rings (SSSR count). The summed E-state index contributed by atoms with van der Waals surface area (Å²) in [6.45, 7) is 12.0. The summed E-state index contributed by atoms with van der Waals surface area (Å²) in [5.74, 6) is 0.222. The number of nitrogens with zero attached hydrogens (tertiary/aromatic N) is 2. The van der Waals surface area contributed by atoms with Crippen molar-refractivity contribution in [2.45, 2.75) is 39.8 Å². The normalized spacial score (nSPS) is 12.4. The predicted molar refractivity (Wildman–Crippen MR) is 116 cm³/mol. The molecular formula is C22H23ClN2O2S. The fraction of sp³-hybridized carbons (Fsp3) is 0.273. The molecule has 3 aromatic rings. The molecule has 146 valence electrons. The van der Waals surface area contributed by atoms with Crippen LogP contribution in [-0.4, -0.2) is 16.1 Å². The first-order chi connectivity index (χ1) is 13.2. The standard InChI is InChI=1S/C22H23ClN2O2S/c1-6-11-25-18-12-14(2)15(3)13-19(18)28-21(25)24-20(26)22(4,5)27-17-9-7-16(23)8-10-17/h6-10,12-13H,1,11H2,2-5H3. The van der Waals surface area contributed by atoms with E-state index in [1.807, 2.05) is 4.57 Å². The summed E-state index contributed by atoms with van der Waals surface area (Å²) in [6.07, 6.45) is 1.81. The highest BCUT2D eigenvalue weighted by Gasteiger charge is 2.30. The number of hydrogen-bond acceptors (Lipinski definition) is 3. The number of aromatic nitrogens is 1. The van der Waals surface area contributed by atoms with E-state index in [9.17, 15) is 4.79 Å². The van der Waals surface area contributed by atoms with Crippen LogP contribution in [0.2, 0.25) is 5.02 Å². The summed E-state index contributed by atoms with van der Waals surface area (Å²) in [6, 6.07) is 11.2. The molecule has 0 saturated heterocycles. The fourth-order valence-electron chi connectivity index (χ4n) is 2.77. The van der Waals surface area contributed by atoms with Crippen LogP contribution in [0.15, 0.2) is 54.0 Å². The Bertz CT molecular complexity index is 1110. The van der Waals surface area contributed by atoms with Crippen LogP contribution >= 0.6 is 22.9 Å². The zero-order valence-corrected chi connectivity index (χ0v) is 18.0. The molecule has 0 atom stereocenters. The fourth-order valence-corrected chi connectivity index (χ4v) is 4.02. The summed E-state index contributed by atoms with van der Waals surface area (Å²) in [4.78, 5) is 18.0. The maximum Gasteiger partial charge on any atom is 0.291 e. The molecule has 0 saturated carbocycles. The minimum Gasteiger partial charge on any atom is -0.478 e. The molecule has 0 aliphatic rings. The SMILES string of the molecule is C=CCn1c(=NC(=O)C(C)(C)Oc2ccc(Cl)cc2)sc2cc(C)c(C)cc21. The summed E-state index contributed by atoms with van der Waals surface area (Å²) in [5, 5.41) is 0.613. The average Bonchev–Trinajstić information content (AvgIpc) is 2.94. The molecule has 1 amide bonds. The van der Waals surface area contributed by atoms with E-state index in [1.165, 1.54) is 22.5 Å². The van der Waals surface area contributed by atoms with Crippen molar-refractivity contribution in [2.75, 3.05) is 0 Å². The van der Waals surface area contributed by atoms with Gasteiger partial charge in [-0.05, 0) is 75.2 Å². The number of fused-ring (bicyclic) bond motifs is 1. The highest BCUT2D eigenvalue weighted by atomic mass is 35.5. The van der Waals surface area contributed by atoms with Crippen molar-refractivity contribution in [3.05, 3.63) is 70.0 Å². The topological polar surface area (TPSA) is 43.6 Å². The zero-order chi connectivity index (χ0) is 20.5. The lowest BCUT2D eigenvalue weighted by Crippen LogP contribution is -2.38. The molecule has 2 aromatic carbocycles. The maximum atomic E-state index is 12.9. The Morgan fingerprint density at radius 2 is 1.89 bits per heavy atom. The van der Waals surface area contributed by atoms with Gasteiger partial charge in [0.25, 0.3) is 5.91 Å². The molecule has 6 heteroatoms. The quantitative estimate of drug-likeness (QED) is 0.521. The number of hydrogen-bond donors (Lipinski definition) is 0. The number of benzene rings is 2. The van der Waals surface area contributed by atoms with Crippen molar-refractivity contribution >= 4 is 39.1 Å². The molecule has 0 aliphatic carbocycles. The lowest BCUT2D eigenvalue weighted by molar-refractivity contribution is -0.130. The van der Waals surface area contributed by atoms with E-state index in [1.54, 1.807) is 44.2 Å². The van der Waals surface area contributed by atoms with Crippen molar-refractivity contribution in [2.24, 2.45) is 4.99 Å². The largest absolute Gasteiger partial charge is 0.478 e. The molecule has 28 heavy (non-hydrogen) atoms. The van der Waals surface area contributed by atoms with Gasteiger partial charge in [0.2, 0.25) is 0 Å². The molecule has 0 N–H and O–H groups in total. The average molecular weight is 415 g/mol. The number of amides is 1. The molecule has 0 radical (unpaired) electrons. The third kappa shape index (κ3) is 4.21. The number of thiazole rings is 1. The van der Waals surface area contributed by atoms with E-state index < -0.39 is 5.60 Å². The number of aryl methyl sites for hydroxylation is 2. The third-order valence-corrected chi connectivity index (χ3v) is 5.80. The first-order valence-electron chi connectivity index (χ1n) is 8.96. The predicted octanol–water partition coefficient (Wildman–Crippen LogP) is 5.44. The summed E-state index contributed by atoms with van der Waals surface area (Å²) >= 11 is 7.40. The number of allylic oxidation sites excluding steroid dienone is 1. The maximum absolute atomic E-state index is 12.9. The zero-order valence-electron chi connectivity index (χ0n) is 16.5. The monoisotopic (exact) mass is 414 g/mol. The van der Waals surface area contributed by atoms with Crippen molar-refractivity contribution in [3.8, 4) is 5.75 Å². The van der Waals surface area contributed by atoms with Crippen LogP contribution in [0, 0.1) is 13.8 Å². The van der Waals surface area contributed by atoms with Gasteiger partial charge in [-0.1, -0.05) is 29.0 Å². The van der Waals surface area contributed by atoms with Gasteiger partial charge in [0.15, 0.2) is 10.4 Å². The molecular weight excluding hydrogens is 392 g/mol. The number of carbonyl (C=O) groups is 1. The van der Waals surface area contributed by atoms with Crippen LogP contribution in [0.3, 0.4) is 0 Å². The van der Waals surface area contributed by atoms with Gasteiger partial charge in [0.1, 0.15) is 5.75 Å². The van der Waals surface area contributed by atoms with Crippen LogP contribution in [0.25, 0.3) is 10.2 Å². The van der Waals surface area contributed by atoms with Gasteiger partial charge in [0.05, 0.1) is 10.2 Å². The molecule has 0 spiro atoms. The van der Waals surface area contributed by atoms with Crippen LogP contribution in [0.5, 0.6) is 5.75 Å². The van der Waals surface area contributed by atoms with Gasteiger partial charge in [-0.2, -0.15) is 4.99 Å². The van der Waals surface area contributed by atoms with Crippen molar-refractivity contribution in [1.82, 2.24) is 4.57 Å². The lowest BCUT2D eigenvalue weighted by atomic mass is 10.1. The van der Waals surface area contributed by atoms with Gasteiger partial charge < -0.3 is 9.30 Å². The number of ether oxygens (including phenoxy) is 1. The first kappa shape index (κ1) is 20.4. The van der Waals surface area contributed by atoms with Gasteiger partial charge in [-0.3, -0.25) is 4.79 Å². The Labute approximate surface area is 173 Å². The second-order valence-corrected chi connectivity index (χ2v) is 8.62. The van der Waals surface area contributed by atoms with Crippen LogP contribution < -0.4 is 9.54 Å². The van der Waals surface area contributed by atoms with E-state index in [2.05, 4.69) is 37.6 Å². The van der Waals surface area contributed by atoms with E-state index in [4.69, 9.17) is 16.3 Å². The molecule has 1 heterocycles. The van der Waals surface area contributed by atoms with Crippen molar-refractivity contribution < 1.29 is 9.53 Å². The molecule has 4 nitrogen and oxygen atoms in total. The Balaban J connectivity index is 2.02. The summed E-state index contributed by atoms with van der Waals surface area (Å²) in [7, 11) is 0. The molecule has 1 aromatic heterocycles. The molecule has 0 bridgehead atoms. The number of halogens is 1. The molecule has 0 aliphatic heterocycles. The van der Waals surface area contributed by atoms with Gasteiger partial charge >= 0.3 is 0 Å². The van der Waals surface area contributed by atoms with Crippen molar-refractivity contribution in [1.29, 1.82) is 0 Å². The minimum absolute atomic E-state index is 0.347. The smallest absolute Gasteiger partial charge is 0.291 e. The van der Waals surface area contributed by atoms with E-state index in [-0.39, 0.29) is 5.91 Å². The second kappa shape index (κ2) is 7.94. The molecule has 0 fully saturated rings. The van der Waals surface area contributed by atoms with Gasteiger partial charge in [-0.15, -0.1) is 6.58 Å². The lowest BCUT2D eigenvalue weighted by Gasteiger charge is -2.22. The van der Waals surface area contributed by atoms with Crippen LogP contribution in [-0.2, 0) is 11.3 Å². The Morgan fingerprint density at radius 3 is 2.54 bits per heavy atom. The van der Waals surface area contributed by atoms with Crippen LogP contribution in [0.1, 0.15) is 25.0 Å². The number of carbonyl (C=O) groups excluding carboxylic acids is 1. The Morgan fingerprint density at radius 1 is 1.25 bits per heavy atom. The summed E-state index contributed by atoms with van der Waals surface area (Å²) in [5.41, 5.74) is 2.36.